The van der Waals surface area contributed by atoms with E-state index in [9.17, 15) is 0 Å². The number of anilines is 2. The number of nitrogens with zero attached hydrogens (tertiary/aromatic N) is 3. The van der Waals surface area contributed by atoms with Gasteiger partial charge in [-0.05, 0) is 51.5 Å². The zero-order valence-corrected chi connectivity index (χ0v) is 31.5. The molecule has 2 aliphatic carbocycles. The second kappa shape index (κ2) is 18.7. The van der Waals surface area contributed by atoms with Crippen molar-refractivity contribution in [2.24, 2.45) is 0 Å². The number of hydrogen-bond acceptors (Lipinski definition) is 9. The average molecular weight is 768 g/mol. The minimum Gasteiger partial charge on any atom is -0.750 e. The highest BCUT2D eigenvalue weighted by molar-refractivity contribution is 7.73. The summed E-state index contributed by atoms with van der Waals surface area (Å²) in [6.07, 6.45) is 7.57. The van der Waals surface area contributed by atoms with Crippen molar-refractivity contribution in [1.29, 1.82) is 0 Å². The smallest absolute Gasteiger partial charge is 0.203 e. The van der Waals surface area contributed by atoms with Gasteiger partial charge in [0.1, 0.15) is 49.2 Å². The van der Waals surface area contributed by atoms with Crippen LogP contribution < -0.4 is 31.4 Å². The molecule has 2 heterocycles. The first-order valence-corrected chi connectivity index (χ1v) is 18.7. The molecular formula is C42H49N5O7S. The fraction of sp³-hybridized carbons (Fsp3) is 0.262. The lowest BCUT2D eigenvalue weighted by Crippen LogP contribution is -2.29. The highest BCUT2D eigenvalue weighted by Crippen LogP contribution is 2.40. The molecule has 13 heteroatoms. The Bertz CT molecular complexity index is 2460. The van der Waals surface area contributed by atoms with Gasteiger partial charge >= 0.3 is 0 Å². The summed E-state index contributed by atoms with van der Waals surface area (Å²) in [7, 11) is 0. The molecule has 0 fully saturated rings. The molecular weight excluding hydrogens is 719 g/mol. The van der Waals surface area contributed by atoms with Gasteiger partial charge in [0.25, 0.3) is 0 Å². The van der Waals surface area contributed by atoms with Crippen LogP contribution in [0.2, 0.25) is 0 Å². The molecule has 0 amide bonds. The fourth-order valence-corrected chi connectivity index (χ4v) is 6.99. The van der Waals surface area contributed by atoms with Gasteiger partial charge in [-0.1, -0.05) is 56.0 Å². The predicted molar refractivity (Wildman–Crippen MR) is 219 cm³/mol. The Kier molecular flexibility index (Phi) is 14.4. The number of aromatic nitrogens is 1. The van der Waals surface area contributed by atoms with Crippen molar-refractivity contribution < 1.29 is 37.6 Å². The molecule has 0 radical (unpaired) electrons. The van der Waals surface area contributed by atoms with Crippen LogP contribution in [0.15, 0.2) is 107 Å². The minimum absolute atomic E-state index is 0. The van der Waals surface area contributed by atoms with Gasteiger partial charge in [0.2, 0.25) is 5.36 Å². The van der Waals surface area contributed by atoms with Crippen molar-refractivity contribution in [3.63, 3.8) is 0 Å². The van der Waals surface area contributed by atoms with Crippen LogP contribution in [0, 0.1) is 0 Å². The molecule has 8 rings (SSSR count). The summed E-state index contributed by atoms with van der Waals surface area (Å²) in [5.41, 5.74) is 20.2. The quantitative estimate of drug-likeness (QED) is 0.0457. The fourth-order valence-electron chi connectivity index (χ4n) is 6.99. The van der Waals surface area contributed by atoms with Gasteiger partial charge in [-0.15, -0.1) is 0 Å². The second-order valence-electron chi connectivity index (χ2n) is 12.6. The molecule has 4 aromatic rings. The zero-order chi connectivity index (χ0) is 37.6. The molecule has 12 nitrogen and oxygen atoms in total. The molecule has 2 unspecified atom stereocenters. The number of nitrogens with two attached hydrogens (primary N) is 2. The number of ether oxygens (including phenoxy) is 1. The van der Waals surface area contributed by atoms with Gasteiger partial charge in [-0.3, -0.25) is 0 Å². The maximum atomic E-state index is 8.83. The normalized spacial score (nSPS) is 14.5. The summed E-state index contributed by atoms with van der Waals surface area (Å²) in [6, 6.07) is 26.4. The zero-order valence-electron chi connectivity index (χ0n) is 30.7. The van der Waals surface area contributed by atoms with Gasteiger partial charge < -0.3 is 40.2 Å². The Balaban J connectivity index is 0.000000211. The average Bonchev–Trinajstić information content (AvgIpc) is 3.18. The summed E-state index contributed by atoms with van der Waals surface area (Å²) in [6.45, 7) is 12.6. The Labute approximate surface area is 323 Å². The third kappa shape index (κ3) is 8.93. The Morgan fingerprint density at radius 2 is 1.44 bits per heavy atom. The largest absolute Gasteiger partial charge is 0.750 e. The molecule has 2 aliphatic heterocycles. The predicted octanol–water partition coefficient (Wildman–Crippen LogP) is 5.08. The maximum Gasteiger partial charge on any atom is 0.203 e. The molecule has 0 aromatic heterocycles. The lowest BCUT2D eigenvalue weighted by atomic mass is 9.89. The molecule has 290 valence electrons. The molecule has 0 bridgehead atoms. The van der Waals surface area contributed by atoms with Crippen molar-refractivity contribution in [2.75, 3.05) is 37.6 Å². The van der Waals surface area contributed by atoms with Gasteiger partial charge in [-0.2, -0.15) is 0 Å². The van der Waals surface area contributed by atoms with E-state index in [-0.39, 0.29) is 19.0 Å². The van der Waals surface area contributed by atoms with Crippen LogP contribution in [0.4, 0.5) is 11.4 Å². The standard InChI is InChI=1S/C21H23N2O.C20H19N3O.CH4.H2O4S.H2O/c1-3-23(4-2)16-9-10-20-14(12-16)11-15-13-19(22)17-7-5-6-8-18(17)21(15)24-20;1-3-23(4-2)13-9-10-17-18(11-13)24-19-12-16(21)14-7-5-6-8-15(14)20(19)22-17;;1-4-5(2)3;/h5-10,12-13,20H,3-4,11,22H2,1-2H3;5-12,21H,3-4H2,1-2H3;1H4;1H,(H,2,3);1H2/q+1;;;;/p-1. The lowest BCUT2D eigenvalue weighted by Gasteiger charge is -2.29. The molecule has 4 aromatic carbocycles. The van der Waals surface area contributed by atoms with Crippen molar-refractivity contribution in [3.05, 3.63) is 114 Å². The molecule has 6 N–H and O–H groups in total. The summed E-state index contributed by atoms with van der Waals surface area (Å²) in [4.78, 5) is 4.83. The molecule has 0 saturated heterocycles. The van der Waals surface area contributed by atoms with Gasteiger partial charge in [-0.25, -0.2) is 18.3 Å². The van der Waals surface area contributed by atoms with E-state index < -0.39 is 11.4 Å². The van der Waals surface area contributed by atoms with Crippen molar-refractivity contribution in [1.82, 2.24) is 9.56 Å². The lowest BCUT2D eigenvalue weighted by molar-refractivity contribution is -0.635. The maximum absolute atomic E-state index is 8.83. The van der Waals surface area contributed by atoms with E-state index in [0.29, 0.717) is 5.69 Å². The third-order valence-corrected chi connectivity index (χ3v) is 9.72. The Hall–Kier alpha value is -5.44. The van der Waals surface area contributed by atoms with E-state index in [1.807, 2.05) is 48.5 Å². The number of hydrogen-bond donors (Lipinski definition) is 2. The number of benzene rings is 5. The first kappa shape index (κ1) is 42.3. The van der Waals surface area contributed by atoms with E-state index in [1.54, 1.807) is 0 Å². The highest BCUT2D eigenvalue weighted by Gasteiger charge is 2.29. The summed E-state index contributed by atoms with van der Waals surface area (Å²) in [5, 5.41) is 13.9. The first-order valence-electron chi connectivity index (χ1n) is 17.7. The number of rotatable bonds is 5. The second-order valence-corrected chi connectivity index (χ2v) is 13.1. The number of allylic oxidation sites excluding steroid dienone is 2. The SMILES string of the molecule is C.CC[N+](CC)=C1C=CC2Oc3c(cc(N)c4ccccc34)CC2=C1.CC[N+](CC)=c1ccc2nc3c(cc(N)c4ccccc43)oc-2c1.O.O=S([O-])O[O-]. The van der Waals surface area contributed by atoms with Crippen LogP contribution in [-0.2, 0) is 22.1 Å². The van der Waals surface area contributed by atoms with E-state index in [2.05, 4.69) is 89.7 Å². The van der Waals surface area contributed by atoms with E-state index in [1.165, 1.54) is 16.8 Å². The van der Waals surface area contributed by atoms with Crippen LogP contribution in [0.3, 0.4) is 0 Å². The van der Waals surface area contributed by atoms with Gasteiger partial charge in [0, 0.05) is 69.2 Å². The van der Waals surface area contributed by atoms with Gasteiger partial charge in [0.15, 0.2) is 17.1 Å². The van der Waals surface area contributed by atoms with Crippen LogP contribution >= 0.6 is 0 Å². The first-order chi connectivity index (χ1) is 25.7. The van der Waals surface area contributed by atoms with Crippen molar-refractivity contribution in [2.45, 2.75) is 47.6 Å². The monoisotopic (exact) mass is 767 g/mol. The summed E-state index contributed by atoms with van der Waals surface area (Å²) in [5.74, 6) is 1.76. The Morgan fingerprint density at radius 1 is 0.855 bits per heavy atom. The van der Waals surface area contributed by atoms with Crippen LogP contribution in [0.5, 0.6) is 5.75 Å². The van der Waals surface area contributed by atoms with Crippen molar-refractivity contribution in [3.8, 4) is 17.2 Å². The highest BCUT2D eigenvalue weighted by atomic mass is 32.2. The van der Waals surface area contributed by atoms with E-state index in [4.69, 9.17) is 39.6 Å². The third-order valence-electron chi connectivity index (χ3n) is 9.61. The van der Waals surface area contributed by atoms with Gasteiger partial charge in [0.05, 0.1) is 17.4 Å². The van der Waals surface area contributed by atoms with E-state index >= 15 is 0 Å². The van der Waals surface area contributed by atoms with Crippen LogP contribution in [-0.4, -0.2) is 61.8 Å². The molecule has 4 aliphatic rings. The molecule has 2 atom stereocenters. The van der Waals surface area contributed by atoms with Crippen LogP contribution in [0.1, 0.15) is 40.7 Å². The molecule has 55 heavy (non-hydrogen) atoms. The molecule has 0 saturated carbocycles. The summed E-state index contributed by atoms with van der Waals surface area (Å²) >= 11 is -2.88. The summed E-state index contributed by atoms with van der Waals surface area (Å²) < 4.78 is 37.2. The minimum atomic E-state index is -2.88. The van der Waals surface area contributed by atoms with E-state index in [0.717, 1.165) is 93.5 Å². The number of nitrogen functional groups attached to an aromatic ring is 2. The Morgan fingerprint density at radius 3 is 2.05 bits per heavy atom. The number of fused-ring (bicyclic) bond motifs is 8. The molecule has 0 spiro atoms. The van der Waals surface area contributed by atoms with Crippen molar-refractivity contribution >= 4 is 61.1 Å². The topological polar surface area (TPSA) is 197 Å². The van der Waals surface area contributed by atoms with Crippen LogP contribution in [0.25, 0.3) is 44.1 Å².